The van der Waals surface area contributed by atoms with E-state index in [1.807, 2.05) is 44.5 Å². The first-order chi connectivity index (χ1) is 11.2. The summed E-state index contributed by atoms with van der Waals surface area (Å²) in [5.41, 5.74) is 1.15. The molecule has 0 spiro atoms. The van der Waals surface area contributed by atoms with Crippen molar-refractivity contribution in [2.45, 2.75) is 40.7 Å². The van der Waals surface area contributed by atoms with E-state index in [-0.39, 0.29) is 6.99 Å². The van der Waals surface area contributed by atoms with Crippen molar-refractivity contribution in [3.05, 3.63) is 48.1 Å². The smallest absolute Gasteiger partial charge is 0.262 e. The third-order valence-electron chi connectivity index (χ3n) is 3.83. The number of hydrogen-bond acceptors (Lipinski definition) is 3. The van der Waals surface area contributed by atoms with Gasteiger partial charge in [-0.05, 0) is 52.9 Å². The van der Waals surface area contributed by atoms with Crippen LogP contribution in [0.3, 0.4) is 0 Å². The molecule has 23 heavy (non-hydrogen) atoms. The Labute approximate surface area is 147 Å². The average Bonchev–Trinajstić information content (AvgIpc) is 3.15. The maximum absolute atomic E-state index is 12.6. The predicted molar refractivity (Wildman–Crippen MR) is 104 cm³/mol. The zero-order chi connectivity index (χ0) is 17.0. The Balaban J connectivity index is 0.000000539. The molecular formula is C18H26N2OS2. The second kappa shape index (κ2) is 7.88. The molecule has 2 aliphatic carbocycles. The standard InChI is InChI=1S/C14H12N2OS2.2C2H6.H2/c17-13-11-4-9-3-10(9)5-12(11)15-14(18)16(13)6-8-1-2-19-7-8;2*1-2;/h1-2,4-5,7,9-10H,3,6H2,(H,15,18);2*1-2H3;1H. The lowest BCUT2D eigenvalue weighted by molar-refractivity contribution is 0.707. The van der Waals surface area contributed by atoms with Crippen molar-refractivity contribution in [2.75, 3.05) is 0 Å². The van der Waals surface area contributed by atoms with Gasteiger partial charge in [-0.15, -0.1) is 0 Å². The number of aromatic nitrogens is 2. The van der Waals surface area contributed by atoms with Crippen molar-refractivity contribution < 1.29 is 1.43 Å². The Morgan fingerprint density at radius 1 is 1.30 bits per heavy atom. The van der Waals surface area contributed by atoms with E-state index in [2.05, 4.69) is 17.1 Å². The molecule has 1 saturated carbocycles. The number of hydrogen-bond donors (Lipinski definition) is 1. The summed E-state index contributed by atoms with van der Waals surface area (Å²) in [6.07, 6.45) is 5.43. The topological polar surface area (TPSA) is 37.8 Å². The van der Waals surface area contributed by atoms with Crippen LogP contribution >= 0.6 is 23.6 Å². The molecule has 0 radical (unpaired) electrons. The molecule has 3 nitrogen and oxygen atoms in total. The molecule has 0 aliphatic heterocycles. The minimum Gasteiger partial charge on any atom is -0.332 e. The maximum Gasteiger partial charge on any atom is 0.262 e. The van der Waals surface area contributed by atoms with Gasteiger partial charge in [0.1, 0.15) is 0 Å². The lowest BCUT2D eigenvalue weighted by atomic mass is 10.1. The van der Waals surface area contributed by atoms with Gasteiger partial charge in [0.05, 0.1) is 11.8 Å². The maximum atomic E-state index is 12.6. The molecule has 0 aromatic carbocycles. The summed E-state index contributed by atoms with van der Waals surface area (Å²) in [5, 5.41) is 5.77. The van der Waals surface area contributed by atoms with Crippen LogP contribution in [0.25, 0.3) is 12.2 Å². The van der Waals surface area contributed by atoms with Gasteiger partial charge >= 0.3 is 0 Å². The Morgan fingerprint density at radius 3 is 2.65 bits per heavy atom. The summed E-state index contributed by atoms with van der Waals surface area (Å²) in [6, 6.07) is 2.03. The van der Waals surface area contributed by atoms with Crippen LogP contribution in [0.4, 0.5) is 0 Å². The lowest BCUT2D eigenvalue weighted by Crippen LogP contribution is -2.48. The summed E-state index contributed by atoms with van der Waals surface area (Å²) in [5.74, 6) is 1.18. The van der Waals surface area contributed by atoms with Gasteiger partial charge in [0.15, 0.2) is 4.77 Å². The second-order valence-electron chi connectivity index (χ2n) is 5.18. The van der Waals surface area contributed by atoms with Crippen LogP contribution in [0.1, 0.15) is 41.1 Å². The van der Waals surface area contributed by atoms with Crippen molar-refractivity contribution >= 4 is 35.7 Å². The quantitative estimate of drug-likeness (QED) is 0.842. The van der Waals surface area contributed by atoms with Gasteiger partial charge in [0.2, 0.25) is 0 Å². The lowest BCUT2D eigenvalue weighted by Gasteiger charge is -2.07. The molecular weight excluding hydrogens is 324 g/mol. The van der Waals surface area contributed by atoms with Crippen LogP contribution in [0.15, 0.2) is 21.6 Å². The van der Waals surface area contributed by atoms with E-state index in [1.165, 1.54) is 6.42 Å². The molecule has 0 amide bonds. The van der Waals surface area contributed by atoms with Crippen LogP contribution in [0, 0.1) is 16.6 Å². The summed E-state index contributed by atoms with van der Waals surface area (Å²) in [7, 11) is 0. The van der Waals surface area contributed by atoms with E-state index >= 15 is 0 Å². The van der Waals surface area contributed by atoms with Gasteiger partial charge in [0, 0.05) is 6.78 Å². The zero-order valence-electron chi connectivity index (χ0n) is 14.1. The molecule has 2 aromatic heterocycles. The monoisotopic (exact) mass is 350 g/mol. The first-order valence-electron chi connectivity index (χ1n) is 8.30. The Bertz CT molecular complexity index is 881. The zero-order valence-corrected chi connectivity index (χ0v) is 15.8. The number of fused-ring (bicyclic) bond motifs is 2. The number of nitrogens with one attached hydrogen (secondary N) is 1. The summed E-state index contributed by atoms with van der Waals surface area (Å²) < 4.78 is 2.17. The van der Waals surface area contributed by atoms with E-state index in [9.17, 15) is 4.79 Å². The molecule has 0 saturated heterocycles. The molecule has 2 atom stereocenters. The highest BCUT2D eigenvalue weighted by atomic mass is 32.1. The van der Waals surface area contributed by atoms with Crippen molar-refractivity contribution in [3.8, 4) is 0 Å². The highest BCUT2D eigenvalue weighted by Gasteiger charge is 2.35. The molecule has 0 bridgehead atoms. The summed E-state index contributed by atoms with van der Waals surface area (Å²) in [6.45, 7) is 8.55. The summed E-state index contributed by atoms with van der Waals surface area (Å²) in [4.78, 5) is 15.8. The molecule has 1 N–H and O–H groups in total. The second-order valence-corrected chi connectivity index (χ2v) is 6.34. The van der Waals surface area contributed by atoms with Crippen molar-refractivity contribution in [1.29, 1.82) is 0 Å². The van der Waals surface area contributed by atoms with Crippen molar-refractivity contribution in [3.63, 3.8) is 0 Å². The molecule has 4 rings (SSSR count). The molecule has 2 unspecified atom stereocenters. The van der Waals surface area contributed by atoms with Gasteiger partial charge < -0.3 is 4.98 Å². The fraction of sp³-hybridized carbons (Fsp3) is 0.444. The molecule has 2 aromatic rings. The minimum absolute atomic E-state index is 0. The van der Waals surface area contributed by atoms with Gasteiger partial charge in [0.25, 0.3) is 5.56 Å². The molecule has 2 aliphatic rings. The third kappa shape index (κ3) is 3.72. The summed E-state index contributed by atoms with van der Waals surface area (Å²) >= 11 is 6.96. The number of rotatable bonds is 2. The Kier molecular flexibility index (Phi) is 6.13. The van der Waals surface area contributed by atoms with Crippen LogP contribution in [-0.4, -0.2) is 9.55 Å². The fourth-order valence-corrected chi connectivity index (χ4v) is 3.57. The van der Waals surface area contributed by atoms with Gasteiger partial charge in [-0.1, -0.05) is 39.8 Å². The molecule has 5 heteroatoms. The first kappa shape index (κ1) is 17.9. The molecule has 2 heterocycles. The van der Waals surface area contributed by atoms with Gasteiger partial charge in [-0.25, -0.2) is 0 Å². The van der Waals surface area contributed by atoms with Crippen LogP contribution in [0.2, 0.25) is 0 Å². The third-order valence-corrected chi connectivity index (χ3v) is 4.88. The van der Waals surface area contributed by atoms with Crippen molar-refractivity contribution in [1.82, 2.24) is 9.55 Å². The number of nitrogens with zero attached hydrogens (tertiary/aromatic N) is 1. The van der Waals surface area contributed by atoms with Crippen LogP contribution in [0.5, 0.6) is 0 Å². The van der Waals surface area contributed by atoms with E-state index < -0.39 is 0 Å². The Hall–Kier alpha value is -1.46. The van der Waals surface area contributed by atoms with Crippen molar-refractivity contribution in [2.24, 2.45) is 11.8 Å². The first-order valence-corrected chi connectivity index (χ1v) is 9.65. The largest absolute Gasteiger partial charge is 0.332 e. The highest BCUT2D eigenvalue weighted by Crippen LogP contribution is 2.41. The van der Waals surface area contributed by atoms with E-state index in [0.29, 0.717) is 23.2 Å². The number of H-pyrrole nitrogens is 1. The average molecular weight is 351 g/mol. The van der Waals surface area contributed by atoms with Crippen LogP contribution in [-0.2, 0) is 6.54 Å². The van der Waals surface area contributed by atoms with Gasteiger partial charge in [-0.2, -0.15) is 11.3 Å². The molecule has 1 fully saturated rings. The van der Waals surface area contributed by atoms with E-state index in [0.717, 1.165) is 16.1 Å². The Morgan fingerprint density at radius 2 is 2.00 bits per heavy atom. The minimum atomic E-state index is 0. The van der Waals surface area contributed by atoms with E-state index in [1.54, 1.807) is 15.9 Å². The van der Waals surface area contributed by atoms with E-state index in [4.69, 9.17) is 12.2 Å². The van der Waals surface area contributed by atoms with Crippen LogP contribution < -0.4 is 16.1 Å². The molecule has 126 valence electrons. The van der Waals surface area contributed by atoms with Gasteiger partial charge in [-0.3, -0.25) is 9.36 Å². The normalized spacial score (nSPS) is 19.5. The number of aromatic amines is 1. The fourth-order valence-electron chi connectivity index (χ4n) is 2.65. The predicted octanol–water partition coefficient (Wildman–Crippen LogP) is 3.52. The highest BCUT2D eigenvalue weighted by molar-refractivity contribution is 7.71. The SMILES string of the molecule is CC.CC.O=c1c2c([nH]c(=S)n1Cc1ccsc1)=CC1CC1C=2.[HH]. The number of thiophene rings is 1.